The molecule has 0 saturated heterocycles. The molecule has 0 spiro atoms. The van der Waals surface area contributed by atoms with Crippen LogP contribution in [0, 0.1) is 0 Å². The number of nitrogens with zero attached hydrogens (tertiary/aromatic N) is 1. The summed E-state index contributed by atoms with van der Waals surface area (Å²) in [6, 6.07) is 24.4. The molecule has 1 aliphatic heterocycles. The molecule has 160 valence electrons. The van der Waals surface area contributed by atoms with E-state index in [9.17, 15) is 9.90 Å². The van der Waals surface area contributed by atoms with E-state index in [0.29, 0.717) is 34.9 Å². The molecule has 1 heterocycles. The van der Waals surface area contributed by atoms with Crippen molar-refractivity contribution in [2.24, 2.45) is 0 Å². The van der Waals surface area contributed by atoms with E-state index >= 15 is 0 Å². The standard InChI is InChI=1S/C26H21BrN2O3/c1-2-32-19-8-5-7-18(15-19)29-25(28-22-12-11-17(27)14-21(22)26(29)31)24-20-9-4-3-6-16(20)10-13-23(24)30/h3-15,25,28,30H,2H2,1H3/t25-/m0/s1. The second-order valence-electron chi connectivity index (χ2n) is 7.56. The number of carbonyl (C=O) groups excluding carboxylic acids is 1. The lowest BCUT2D eigenvalue weighted by Gasteiger charge is -2.39. The van der Waals surface area contributed by atoms with Crippen LogP contribution >= 0.6 is 15.9 Å². The van der Waals surface area contributed by atoms with Gasteiger partial charge in [0.05, 0.1) is 17.9 Å². The maximum absolute atomic E-state index is 13.8. The van der Waals surface area contributed by atoms with Gasteiger partial charge in [-0.25, -0.2) is 0 Å². The quantitative estimate of drug-likeness (QED) is 0.345. The zero-order valence-electron chi connectivity index (χ0n) is 17.4. The smallest absolute Gasteiger partial charge is 0.262 e. The Balaban J connectivity index is 1.75. The van der Waals surface area contributed by atoms with Gasteiger partial charge in [0.15, 0.2) is 0 Å². The Morgan fingerprint density at radius 2 is 1.88 bits per heavy atom. The first-order valence-corrected chi connectivity index (χ1v) is 11.2. The number of aromatic hydroxyl groups is 1. The summed E-state index contributed by atoms with van der Waals surface area (Å²) in [6.07, 6.45) is -0.612. The molecule has 2 N–H and O–H groups in total. The van der Waals surface area contributed by atoms with E-state index in [0.717, 1.165) is 15.2 Å². The maximum atomic E-state index is 13.8. The molecule has 4 aromatic carbocycles. The zero-order valence-corrected chi connectivity index (χ0v) is 19.0. The third-order valence-corrected chi connectivity index (χ3v) is 6.10. The molecule has 0 bridgehead atoms. The lowest BCUT2D eigenvalue weighted by molar-refractivity contribution is 0.0975. The van der Waals surface area contributed by atoms with Gasteiger partial charge in [-0.15, -0.1) is 0 Å². The van der Waals surface area contributed by atoms with Crippen LogP contribution in [0.1, 0.15) is 29.0 Å². The van der Waals surface area contributed by atoms with E-state index in [-0.39, 0.29) is 11.7 Å². The molecule has 0 fully saturated rings. The van der Waals surface area contributed by atoms with Gasteiger partial charge >= 0.3 is 0 Å². The molecule has 32 heavy (non-hydrogen) atoms. The van der Waals surface area contributed by atoms with Gasteiger partial charge in [-0.05, 0) is 54.1 Å². The van der Waals surface area contributed by atoms with Crippen molar-refractivity contribution in [2.45, 2.75) is 13.1 Å². The Hall–Kier alpha value is -3.51. The molecular weight excluding hydrogens is 468 g/mol. The summed E-state index contributed by atoms with van der Waals surface area (Å²) in [5.74, 6) is 0.644. The van der Waals surface area contributed by atoms with E-state index in [1.807, 2.05) is 79.7 Å². The van der Waals surface area contributed by atoms with Crippen molar-refractivity contribution in [1.29, 1.82) is 0 Å². The van der Waals surface area contributed by atoms with Crippen LogP contribution < -0.4 is 15.0 Å². The number of nitrogens with one attached hydrogen (secondary N) is 1. The van der Waals surface area contributed by atoms with E-state index < -0.39 is 6.17 Å². The molecule has 0 radical (unpaired) electrons. The number of hydrogen-bond acceptors (Lipinski definition) is 4. The predicted molar refractivity (Wildman–Crippen MR) is 131 cm³/mol. The molecule has 1 atom stereocenters. The van der Waals surface area contributed by atoms with Gasteiger partial charge in [0.25, 0.3) is 5.91 Å². The predicted octanol–water partition coefficient (Wildman–Crippen LogP) is 6.48. The molecule has 0 saturated carbocycles. The summed E-state index contributed by atoms with van der Waals surface area (Å²) in [5, 5.41) is 16.3. The number of anilines is 2. The molecule has 0 aliphatic carbocycles. The first-order valence-electron chi connectivity index (χ1n) is 10.4. The minimum atomic E-state index is -0.612. The summed E-state index contributed by atoms with van der Waals surface area (Å²) >= 11 is 3.47. The topological polar surface area (TPSA) is 61.8 Å². The number of amides is 1. The summed E-state index contributed by atoms with van der Waals surface area (Å²) in [5.41, 5.74) is 2.59. The Labute approximate surface area is 194 Å². The highest BCUT2D eigenvalue weighted by Gasteiger charge is 2.36. The normalized spacial score (nSPS) is 15.4. The summed E-state index contributed by atoms with van der Waals surface area (Å²) in [7, 11) is 0. The minimum absolute atomic E-state index is 0.125. The van der Waals surface area contributed by atoms with Crippen molar-refractivity contribution in [2.75, 3.05) is 16.8 Å². The van der Waals surface area contributed by atoms with E-state index in [4.69, 9.17) is 4.74 Å². The van der Waals surface area contributed by atoms with Crippen LogP contribution in [0.2, 0.25) is 0 Å². The average molecular weight is 489 g/mol. The number of halogens is 1. The first kappa shape index (κ1) is 20.4. The maximum Gasteiger partial charge on any atom is 0.262 e. The van der Waals surface area contributed by atoms with Crippen LogP contribution in [-0.2, 0) is 0 Å². The fraction of sp³-hybridized carbons (Fsp3) is 0.115. The Morgan fingerprint density at radius 1 is 1.03 bits per heavy atom. The van der Waals surface area contributed by atoms with E-state index in [1.165, 1.54) is 0 Å². The minimum Gasteiger partial charge on any atom is -0.507 e. The molecule has 0 aromatic heterocycles. The largest absolute Gasteiger partial charge is 0.507 e. The van der Waals surface area contributed by atoms with Crippen molar-refractivity contribution in [3.05, 3.63) is 94.5 Å². The van der Waals surface area contributed by atoms with Gasteiger partial charge in [-0.3, -0.25) is 9.69 Å². The van der Waals surface area contributed by atoms with E-state index in [1.54, 1.807) is 11.0 Å². The monoisotopic (exact) mass is 488 g/mol. The van der Waals surface area contributed by atoms with Crippen LogP contribution in [-0.4, -0.2) is 17.6 Å². The van der Waals surface area contributed by atoms with Crippen LogP contribution in [0.25, 0.3) is 10.8 Å². The number of phenols is 1. The fourth-order valence-corrected chi connectivity index (χ4v) is 4.57. The molecule has 1 aliphatic rings. The fourth-order valence-electron chi connectivity index (χ4n) is 4.21. The molecule has 6 heteroatoms. The first-order chi connectivity index (χ1) is 15.6. The second-order valence-corrected chi connectivity index (χ2v) is 8.48. The van der Waals surface area contributed by atoms with Gasteiger partial charge in [-0.2, -0.15) is 0 Å². The van der Waals surface area contributed by atoms with Gasteiger partial charge in [0.2, 0.25) is 0 Å². The lowest BCUT2D eigenvalue weighted by Crippen LogP contribution is -2.43. The van der Waals surface area contributed by atoms with Gasteiger partial charge in [0.1, 0.15) is 17.7 Å². The molecule has 4 aromatic rings. The highest BCUT2D eigenvalue weighted by Crippen LogP contribution is 2.43. The lowest BCUT2D eigenvalue weighted by atomic mass is 9.97. The molecule has 1 amide bonds. The Morgan fingerprint density at radius 3 is 2.72 bits per heavy atom. The number of carbonyl (C=O) groups is 1. The molecular formula is C26H21BrN2O3. The Bertz CT molecular complexity index is 1340. The number of rotatable bonds is 4. The number of hydrogen-bond donors (Lipinski definition) is 2. The van der Waals surface area contributed by atoms with Crippen LogP contribution in [0.15, 0.2) is 83.3 Å². The van der Waals surface area contributed by atoms with Crippen molar-refractivity contribution >= 4 is 44.0 Å². The zero-order chi connectivity index (χ0) is 22.2. The number of phenolic OH excluding ortho intramolecular Hbond substituents is 1. The van der Waals surface area contributed by atoms with Crippen LogP contribution in [0.3, 0.4) is 0 Å². The average Bonchev–Trinajstić information content (AvgIpc) is 2.80. The molecule has 5 rings (SSSR count). The summed E-state index contributed by atoms with van der Waals surface area (Å²) in [6.45, 7) is 2.45. The third-order valence-electron chi connectivity index (χ3n) is 5.61. The van der Waals surface area contributed by atoms with Crippen molar-refractivity contribution in [3.8, 4) is 11.5 Å². The number of benzene rings is 4. The van der Waals surface area contributed by atoms with Gasteiger partial charge < -0.3 is 15.2 Å². The van der Waals surface area contributed by atoms with Crippen LogP contribution in [0.4, 0.5) is 11.4 Å². The van der Waals surface area contributed by atoms with Gasteiger partial charge in [0, 0.05) is 21.8 Å². The van der Waals surface area contributed by atoms with E-state index in [2.05, 4.69) is 21.2 Å². The van der Waals surface area contributed by atoms with Crippen molar-refractivity contribution < 1.29 is 14.6 Å². The van der Waals surface area contributed by atoms with Crippen LogP contribution in [0.5, 0.6) is 11.5 Å². The molecule has 5 nitrogen and oxygen atoms in total. The highest BCUT2D eigenvalue weighted by molar-refractivity contribution is 9.10. The number of fused-ring (bicyclic) bond motifs is 2. The Kier molecular flexibility index (Phi) is 5.23. The highest BCUT2D eigenvalue weighted by atomic mass is 79.9. The summed E-state index contributed by atoms with van der Waals surface area (Å²) < 4.78 is 6.50. The van der Waals surface area contributed by atoms with Gasteiger partial charge in [-0.1, -0.05) is 52.3 Å². The number of ether oxygens (including phenoxy) is 1. The SMILES string of the molecule is CCOc1cccc(N2C(=O)c3cc(Br)ccc3N[C@@H]2c2c(O)ccc3ccccc23)c1. The van der Waals surface area contributed by atoms with Crippen molar-refractivity contribution in [3.63, 3.8) is 0 Å². The third kappa shape index (κ3) is 3.46. The van der Waals surface area contributed by atoms with Crippen molar-refractivity contribution in [1.82, 2.24) is 0 Å². The molecule has 0 unspecified atom stereocenters. The summed E-state index contributed by atoms with van der Waals surface area (Å²) in [4.78, 5) is 15.5. The second kappa shape index (κ2) is 8.20.